The summed E-state index contributed by atoms with van der Waals surface area (Å²) in [5, 5.41) is 10.4. The average molecular weight is 364 g/mol. The molecule has 0 aliphatic rings. The van der Waals surface area contributed by atoms with E-state index in [-0.39, 0.29) is 11.8 Å². The fourth-order valence-corrected chi connectivity index (χ4v) is 2.83. The Balaban J connectivity index is 1.71. The summed E-state index contributed by atoms with van der Waals surface area (Å²) in [5.41, 5.74) is 1.66. The smallest absolute Gasteiger partial charge is 0.227 e. The number of nitrogens with zero attached hydrogens (tertiary/aromatic N) is 4. The fraction of sp³-hybridized carbons (Fsp3) is 0.300. The first-order valence-corrected chi connectivity index (χ1v) is 9.12. The SMILES string of the molecule is CCC(CC)C(=O)Nc1ccc(Nc2cc(-n3cccn3)nc(C)n2)cc1. The molecule has 2 N–H and O–H groups in total. The molecular weight excluding hydrogens is 340 g/mol. The standard InChI is InChI=1S/C20H24N6O/c1-4-15(5-2)20(27)25-17-9-7-16(8-10-17)24-18-13-19(23-14(3)22-18)26-12-6-11-21-26/h6-13,15H,4-5H2,1-3H3,(H,25,27)(H,22,23,24). The molecule has 0 aliphatic heterocycles. The quantitative estimate of drug-likeness (QED) is 0.660. The molecule has 140 valence electrons. The van der Waals surface area contributed by atoms with E-state index in [1.165, 1.54) is 0 Å². The lowest BCUT2D eigenvalue weighted by atomic mass is 10.0. The zero-order valence-corrected chi connectivity index (χ0v) is 15.8. The van der Waals surface area contributed by atoms with Crippen molar-refractivity contribution in [2.45, 2.75) is 33.6 Å². The first-order valence-electron chi connectivity index (χ1n) is 9.12. The van der Waals surface area contributed by atoms with E-state index in [0.29, 0.717) is 17.5 Å². The molecule has 0 spiro atoms. The van der Waals surface area contributed by atoms with E-state index in [2.05, 4.69) is 25.7 Å². The number of amides is 1. The van der Waals surface area contributed by atoms with Crippen molar-refractivity contribution in [3.8, 4) is 5.82 Å². The highest BCUT2D eigenvalue weighted by atomic mass is 16.1. The van der Waals surface area contributed by atoms with Gasteiger partial charge in [-0.2, -0.15) is 5.10 Å². The van der Waals surface area contributed by atoms with Crippen molar-refractivity contribution in [1.82, 2.24) is 19.7 Å². The van der Waals surface area contributed by atoms with E-state index in [1.807, 2.05) is 63.4 Å². The van der Waals surface area contributed by atoms with Crippen LogP contribution in [0.4, 0.5) is 17.2 Å². The highest BCUT2D eigenvalue weighted by Crippen LogP contribution is 2.20. The van der Waals surface area contributed by atoms with Crippen LogP contribution >= 0.6 is 0 Å². The fourth-order valence-electron chi connectivity index (χ4n) is 2.83. The molecule has 0 radical (unpaired) electrons. The van der Waals surface area contributed by atoms with Crippen LogP contribution < -0.4 is 10.6 Å². The average Bonchev–Trinajstić information content (AvgIpc) is 3.19. The van der Waals surface area contributed by atoms with Gasteiger partial charge in [0.25, 0.3) is 0 Å². The Labute approximate surface area is 158 Å². The van der Waals surface area contributed by atoms with E-state index >= 15 is 0 Å². The van der Waals surface area contributed by atoms with Gasteiger partial charge in [-0.25, -0.2) is 14.6 Å². The highest BCUT2D eigenvalue weighted by molar-refractivity contribution is 5.92. The topological polar surface area (TPSA) is 84.7 Å². The second kappa shape index (κ2) is 8.44. The van der Waals surface area contributed by atoms with E-state index in [4.69, 9.17) is 0 Å². The number of aromatic nitrogens is 4. The van der Waals surface area contributed by atoms with Crippen molar-refractivity contribution in [2.75, 3.05) is 10.6 Å². The predicted molar refractivity (Wildman–Crippen MR) is 106 cm³/mol. The van der Waals surface area contributed by atoms with Crippen molar-refractivity contribution in [3.05, 3.63) is 54.6 Å². The molecule has 2 aromatic heterocycles. The van der Waals surface area contributed by atoms with Gasteiger partial charge in [0.1, 0.15) is 11.6 Å². The Hall–Kier alpha value is -3.22. The Morgan fingerprint density at radius 2 is 1.81 bits per heavy atom. The van der Waals surface area contributed by atoms with Crippen molar-refractivity contribution < 1.29 is 4.79 Å². The maximum Gasteiger partial charge on any atom is 0.227 e. The van der Waals surface area contributed by atoms with Gasteiger partial charge in [-0.15, -0.1) is 0 Å². The summed E-state index contributed by atoms with van der Waals surface area (Å²) in [5.74, 6) is 2.15. The van der Waals surface area contributed by atoms with Crippen LogP contribution in [0.5, 0.6) is 0 Å². The lowest BCUT2D eigenvalue weighted by Gasteiger charge is -2.13. The van der Waals surface area contributed by atoms with Gasteiger partial charge in [-0.05, 0) is 50.1 Å². The van der Waals surface area contributed by atoms with Crippen molar-refractivity contribution in [2.24, 2.45) is 5.92 Å². The molecule has 27 heavy (non-hydrogen) atoms. The second-order valence-electron chi connectivity index (χ2n) is 6.31. The van der Waals surface area contributed by atoms with Gasteiger partial charge in [-0.1, -0.05) is 13.8 Å². The van der Waals surface area contributed by atoms with Crippen LogP contribution in [0.15, 0.2) is 48.8 Å². The predicted octanol–water partition coefficient (Wildman–Crippen LogP) is 4.09. The lowest BCUT2D eigenvalue weighted by molar-refractivity contribution is -0.120. The molecule has 7 heteroatoms. The molecule has 0 fully saturated rings. The van der Waals surface area contributed by atoms with Crippen molar-refractivity contribution >= 4 is 23.1 Å². The molecule has 3 aromatic rings. The van der Waals surface area contributed by atoms with Crippen LogP contribution in [0.2, 0.25) is 0 Å². The highest BCUT2D eigenvalue weighted by Gasteiger charge is 2.14. The van der Waals surface area contributed by atoms with Crippen LogP contribution in [0, 0.1) is 12.8 Å². The van der Waals surface area contributed by atoms with Crippen LogP contribution in [0.1, 0.15) is 32.5 Å². The zero-order valence-electron chi connectivity index (χ0n) is 15.8. The third-order valence-electron chi connectivity index (χ3n) is 4.34. The molecule has 3 rings (SSSR count). The van der Waals surface area contributed by atoms with Gasteiger partial charge in [0.2, 0.25) is 5.91 Å². The van der Waals surface area contributed by atoms with Gasteiger partial charge in [0.05, 0.1) is 0 Å². The first-order chi connectivity index (χ1) is 13.1. The van der Waals surface area contributed by atoms with Crippen molar-refractivity contribution in [3.63, 3.8) is 0 Å². The number of aryl methyl sites for hydroxylation is 1. The monoisotopic (exact) mass is 364 g/mol. The lowest BCUT2D eigenvalue weighted by Crippen LogP contribution is -2.21. The molecule has 0 bridgehead atoms. The molecule has 0 saturated heterocycles. The van der Waals surface area contributed by atoms with Crippen LogP contribution in [-0.4, -0.2) is 25.7 Å². The Morgan fingerprint density at radius 3 is 2.44 bits per heavy atom. The maximum absolute atomic E-state index is 12.2. The molecule has 0 saturated carbocycles. The second-order valence-corrected chi connectivity index (χ2v) is 6.31. The molecule has 0 aliphatic carbocycles. The Morgan fingerprint density at radius 1 is 1.11 bits per heavy atom. The molecular formula is C20H24N6O. The van der Waals surface area contributed by atoms with E-state index in [0.717, 1.165) is 24.2 Å². The van der Waals surface area contributed by atoms with Crippen LogP contribution in [0.3, 0.4) is 0 Å². The summed E-state index contributed by atoms with van der Waals surface area (Å²) < 4.78 is 1.69. The number of rotatable bonds is 7. The largest absolute Gasteiger partial charge is 0.340 e. The minimum atomic E-state index is 0.0486. The van der Waals surface area contributed by atoms with Gasteiger partial charge >= 0.3 is 0 Å². The van der Waals surface area contributed by atoms with Gasteiger partial charge in [0.15, 0.2) is 5.82 Å². The number of hydrogen-bond acceptors (Lipinski definition) is 5. The molecule has 2 heterocycles. The van der Waals surface area contributed by atoms with Crippen LogP contribution in [-0.2, 0) is 4.79 Å². The number of carbonyl (C=O) groups is 1. The molecule has 1 aromatic carbocycles. The summed E-state index contributed by atoms with van der Waals surface area (Å²) in [6, 6.07) is 11.3. The third kappa shape index (κ3) is 4.69. The van der Waals surface area contributed by atoms with Crippen molar-refractivity contribution in [1.29, 1.82) is 0 Å². The number of benzene rings is 1. The minimum absolute atomic E-state index is 0.0486. The Bertz CT molecular complexity index is 885. The minimum Gasteiger partial charge on any atom is -0.340 e. The van der Waals surface area contributed by atoms with E-state index in [9.17, 15) is 4.79 Å². The summed E-state index contributed by atoms with van der Waals surface area (Å²) in [6.45, 7) is 5.90. The number of nitrogens with one attached hydrogen (secondary N) is 2. The normalized spacial score (nSPS) is 10.8. The zero-order chi connectivity index (χ0) is 19.2. The van der Waals surface area contributed by atoms with Crippen LogP contribution in [0.25, 0.3) is 5.82 Å². The third-order valence-corrected chi connectivity index (χ3v) is 4.34. The number of anilines is 3. The van der Waals surface area contributed by atoms with Gasteiger partial charge in [0, 0.05) is 35.8 Å². The maximum atomic E-state index is 12.2. The van der Waals surface area contributed by atoms with E-state index < -0.39 is 0 Å². The first kappa shape index (κ1) is 18.6. The van der Waals surface area contributed by atoms with Gasteiger partial charge in [-0.3, -0.25) is 4.79 Å². The Kier molecular flexibility index (Phi) is 5.80. The van der Waals surface area contributed by atoms with E-state index in [1.54, 1.807) is 10.9 Å². The summed E-state index contributed by atoms with van der Waals surface area (Å²) in [4.78, 5) is 21.0. The summed E-state index contributed by atoms with van der Waals surface area (Å²) >= 11 is 0. The van der Waals surface area contributed by atoms with Gasteiger partial charge < -0.3 is 10.6 Å². The summed E-state index contributed by atoms with van der Waals surface area (Å²) in [7, 11) is 0. The molecule has 1 amide bonds. The number of hydrogen-bond donors (Lipinski definition) is 2. The molecule has 0 atom stereocenters. The summed E-state index contributed by atoms with van der Waals surface area (Å²) in [6.07, 6.45) is 5.23. The molecule has 0 unspecified atom stereocenters. The molecule has 7 nitrogen and oxygen atoms in total. The number of carbonyl (C=O) groups excluding carboxylic acids is 1.